The van der Waals surface area contributed by atoms with Crippen molar-refractivity contribution in [2.75, 3.05) is 0 Å². The summed E-state index contributed by atoms with van der Waals surface area (Å²) in [5.74, 6) is -2.10. The molecule has 0 spiro atoms. The number of ether oxygens (including phenoxy) is 1. The zero-order valence-electron chi connectivity index (χ0n) is 16.4. The van der Waals surface area contributed by atoms with Gasteiger partial charge in [-0.15, -0.1) is 0 Å². The lowest BCUT2D eigenvalue weighted by atomic mass is 9.96. The molecule has 3 amide bonds. The summed E-state index contributed by atoms with van der Waals surface area (Å²) in [7, 11) is 0. The van der Waals surface area contributed by atoms with Crippen LogP contribution in [0.5, 0.6) is 0 Å². The second-order valence-electron chi connectivity index (χ2n) is 8.39. The average Bonchev–Trinajstić information content (AvgIpc) is 3.08. The molecule has 1 fully saturated rings. The molecular formula is C20H24N2O6. The van der Waals surface area contributed by atoms with Crippen LogP contribution in [-0.4, -0.2) is 40.1 Å². The SMILES string of the molecule is CC1CCC(NC(=O)OC(C)(C)C)(C(=O)ON2C(=O)c3ccccc3C2=O)C1. The number of hydrogen-bond acceptors (Lipinski definition) is 6. The van der Waals surface area contributed by atoms with Crippen LogP contribution in [0.4, 0.5) is 4.79 Å². The van der Waals surface area contributed by atoms with Gasteiger partial charge >= 0.3 is 12.1 Å². The van der Waals surface area contributed by atoms with Gasteiger partial charge in [0.25, 0.3) is 11.8 Å². The summed E-state index contributed by atoms with van der Waals surface area (Å²) in [6.07, 6.45) is 0.595. The van der Waals surface area contributed by atoms with E-state index >= 15 is 0 Å². The van der Waals surface area contributed by atoms with Crippen LogP contribution >= 0.6 is 0 Å². The number of hydroxylamine groups is 2. The second-order valence-corrected chi connectivity index (χ2v) is 8.39. The number of nitrogens with zero attached hydrogens (tertiary/aromatic N) is 1. The minimum absolute atomic E-state index is 0.157. The molecule has 1 heterocycles. The topological polar surface area (TPSA) is 102 Å². The van der Waals surface area contributed by atoms with Gasteiger partial charge in [0, 0.05) is 0 Å². The van der Waals surface area contributed by atoms with Gasteiger partial charge in [-0.3, -0.25) is 9.59 Å². The Morgan fingerprint density at radius 1 is 1.14 bits per heavy atom. The molecule has 0 bridgehead atoms. The Balaban J connectivity index is 1.79. The molecule has 1 saturated carbocycles. The molecule has 1 aliphatic heterocycles. The van der Waals surface area contributed by atoms with E-state index in [1.54, 1.807) is 32.9 Å². The summed E-state index contributed by atoms with van der Waals surface area (Å²) in [5.41, 5.74) is -1.73. The monoisotopic (exact) mass is 388 g/mol. The van der Waals surface area contributed by atoms with Gasteiger partial charge in [0.15, 0.2) is 0 Å². The van der Waals surface area contributed by atoms with Crippen LogP contribution in [0, 0.1) is 5.92 Å². The first-order valence-corrected chi connectivity index (χ1v) is 9.24. The number of fused-ring (bicyclic) bond motifs is 1. The van der Waals surface area contributed by atoms with Crippen LogP contribution in [-0.2, 0) is 14.4 Å². The number of imide groups is 1. The van der Waals surface area contributed by atoms with Crippen molar-refractivity contribution in [3.8, 4) is 0 Å². The van der Waals surface area contributed by atoms with Crippen LogP contribution in [0.1, 0.15) is 67.7 Å². The highest BCUT2D eigenvalue weighted by Crippen LogP contribution is 2.36. The van der Waals surface area contributed by atoms with Gasteiger partial charge in [-0.25, -0.2) is 9.59 Å². The summed E-state index contributed by atoms with van der Waals surface area (Å²) < 4.78 is 5.27. The van der Waals surface area contributed by atoms with Crippen LogP contribution in [0.3, 0.4) is 0 Å². The van der Waals surface area contributed by atoms with Crippen molar-refractivity contribution < 1.29 is 28.8 Å². The molecule has 3 rings (SSSR count). The highest BCUT2D eigenvalue weighted by atomic mass is 16.7. The smallest absolute Gasteiger partial charge is 0.408 e. The third-order valence-corrected chi connectivity index (χ3v) is 4.82. The maximum atomic E-state index is 13.0. The average molecular weight is 388 g/mol. The van der Waals surface area contributed by atoms with E-state index in [4.69, 9.17) is 9.57 Å². The molecule has 0 radical (unpaired) electrons. The second kappa shape index (κ2) is 6.92. The molecule has 0 aromatic heterocycles. The Morgan fingerprint density at radius 3 is 2.18 bits per heavy atom. The van der Waals surface area contributed by atoms with Crippen LogP contribution < -0.4 is 5.32 Å². The van der Waals surface area contributed by atoms with Crippen molar-refractivity contribution in [3.05, 3.63) is 35.4 Å². The Morgan fingerprint density at radius 2 is 1.71 bits per heavy atom. The first kappa shape index (κ1) is 19.9. The van der Waals surface area contributed by atoms with E-state index in [2.05, 4.69) is 5.32 Å². The van der Waals surface area contributed by atoms with Gasteiger partial charge in [0.2, 0.25) is 0 Å². The van der Waals surface area contributed by atoms with E-state index in [0.717, 1.165) is 0 Å². The third kappa shape index (κ3) is 3.72. The van der Waals surface area contributed by atoms with Crippen molar-refractivity contribution in [2.24, 2.45) is 5.92 Å². The highest BCUT2D eigenvalue weighted by molar-refractivity contribution is 6.21. The fourth-order valence-corrected chi connectivity index (χ4v) is 3.56. The Labute approximate surface area is 163 Å². The van der Waals surface area contributed by atoms with Crippen LogP contribution in [0.15, 0.2) is 24.3 Å². The van der Waals surface area contributed by atoms with Gasteiger partial charge in [0.05, 0.1) is 11.1 Å². The first-order valence-electron chi connectivity index (χ1n) is 9.24. The molecule has 150 valence electrons. The van der Waals surface area contributed by atoms with E-state index in [0.29, 0.717) is 24.3 Å². The highest BCUT2D eigenvalue weighted by Gasteiger charge is 2.50. The summed E-state index contributed by atoms with van der Waals surface area (Å²) >= 11 is 0. The summed E-state index contributed by atoms with van der Waals surface area (Å²) in [6, 6.07) is 6.24. The maximum absolute atomic E-state index is 13.0. The maximum Gasteiger partial charge on any atom is 0.408 e. The fourth-order valence-electron chi connectivity index (χ4n) is 3.56. The van der Waals surface area contributed by atoms with Crippen molar-refractivity contribution in [2.45, 2.75) is 58.1 Å². The van der Waals surface area contributed by atoms with Gasteiger partial charge in [-0.1, -0.05) is 24.1 Å². The Hall–Kier alpha value is -2.90. The van der Waals surface area contributed by atoms with Crippen molar-refractivity contribution in [1.29, 1.82) is 0 Å². The zero-order valence-corrected chi connectivity index (χ0v) is 16.4. The minimum atomic E-state index is -1.35. The summed E-state index contributed by atoms with van der Waals surface area (Å²) in [5, 5.41) is 3.09. The van der Waals surface area contributed by atoms with Gasteiger partial charge in [0.1, 0.15) is 11.1 Å². The number of nitrogens with one attached hydrogen (secondary N) is 1. The standard InChI is InChI=1S/C20H24N2O6/c1-12-9-10-20(11-12,21-18(26)27-19(2,3)4)17(25)28-22-15(23)13-7-5-6-8-14(13)16(22)24/h5-8,12H,9-11H2,1-4H3,(H,21,26). The molecule has 2 atom stereocenters. The molecule has 2 aliphatic rings. The normalized spacial score (nSPS) is 24.1. The van der Waals surface area contributed by atoms with E-state index in [1.807, 2.05) is 6.92 Å². The van der Waals surface area contributed by atoms with Crippen molar-refractivity contribution in [1.82, 2.24) is 10.4 Å². The molecule has 1 aromatic rings. The van der Waals surface area contributed by atoms with Gasteiger partial charge in [-0.2, -0.15) is 0 Å². The van der Waals surface area contributed by atoms with Crippen LogP contribution in [0.2, 0.25) is 0 Å². The zero-order chi connectivity index (χ0) is 20.7. The Kier molecular flexibility index (Phi) is 4.91. The van der Waals surface area contributed by atoms with E-state index < -0.39 is 35.0 Å². The molecule has 1 aliphatic carbocycles. The lowest BCUT2D eigenvalue weighted by molar-refractivity contribution is -0.176. The van der Waals surface area contributed by atoms with Crippen molar-refractivity contribution >= 4 is 23.9 Å². The number of amides is 3. The summed E-state index contributed by atoms with van der Waals surface area (Å²) in [4.78, 5) is 55.4. The van der Waals surface area contributed by atoms with E-state index in [1.165, 1.54) is 12.1 Å². The Bertz CT molecular complexity index is 808. The van der Waals surface area contributed by atoms with Gasteiger partial charge < -0.3 is 14.9 Å². The fraction of sp³-hybridized carbons (Fsp3) is 0.500. The third-order valence-electron chi connectivity index (χ3n) is 4.82. The molecule has 8 heteroatoms. The van der Waals surface area contributed by atoms with Crippen molar-refractivity contribution in [3.63, 3.8) is 0 Å². The number of carbonyl (C=O) groups is 4. The van der Waals surface area contributed by atoms with Gasteiger partial charge in [-0.05, 0) is 58.1 Å². The lowest BCUT2D eigenvalue weighted by Crippen LogP contribution is -2.56. The quantitative estimate of drug-likeness (QED) is 0.799. The molecule has 2 unspecified atom stereocenters. The molecule has 1 N–H and O–H groups in total. The minimum Gasteiger partial charge on any atom is -0.444 e. The number of hydrogen-bond donors (Lipinski definition) is 1. The number of alkyl carbamates (subject to hydrolysis) is 1. The molecule has 28 heavy (non-hydrogen) atoms. The molecule has 1 aromatic carbocycles. The van der Waals surface area contributed by atoms with E-state index in [-0.39, 0.29) is 17.0 Å². The predicted molar refractivity (Wildman–Crippen MR) is 98.1 cm³/mol. The predicted octanol–water partition coefficient (Wildman–Crippen LogP) is 2.82. The first-order chi connectivity index (χ1) is 13.0. The number of carbonyl (C=O) groups excluding carboxylic acids is 4. The number of rotatable bonds is 3. The summed E-state index contributed by atoms with van der Waals surface area (Å²) in [6.45, 7) is 7.10. The van der Waals surface area contributed by atoms with E-state index in [9.17, 15) is 19.2 Å². The van der Waals surface area contributed by atoms with Crippen LogP contribution in [0.25, 0.3) is 0 Å². The number of benzene rings is 1. The molecule has 0 saturated heterocycles. The lowest BCUT2D eigenvalue weighted by Gasteiger charge is -2.30. The largest absolute Gasteiger partial charge is 0.444 e. The molecular weight excluding hydrogens is 364 g/mol. The molecule has 8 nitrogen and oxygen atoms in total.